The monoisotopic (exact) mass is 483 g/mol. The molecule has 2 aromatic carbocycles. The normalized spacial score (nSPS) is 17.2. The Balaban J connectivity index is 1.53. The van der Waals surface area contributed by atoms with Crippen LogP contribution in [0.1, 0.15) is 35.4 Å². The van der Waals surface area contributed by atoms with Gasteiger partial charge in [0.2, 0.25) is 15.9 Å². The van der Waals surface area contributed by atoms with Crippen molar-refractivity contribution in [2.45, 2.75) is 31.6 Å². The Labute approximate surface area is 198 Å². The third-order valence-corrected chi connectivity index (χ3v) is 7.81. The number of aromatic nitrogens is 1. The Morgan fingerprint density at radius 3 is 2.68 bits per heavy atom. The van der Waals surface area contributed by atoms with Crippen molar-refractivity contribution in [3.63, 3.8) is 0 Å². The van der Waals surface area contributed by atoms with Crippen LogP contribution in [0.4, 0.5) is 10.1 Å². The van der Waals surface area contributed by atoms with Crippen molar-refractivity contribution in [1.82, 2.24) is 9.46 Å². The number of hydrogen-bond donors (Lipinski definition) is 1. The van der Waals surface area contributed by atoms with Crippen molar-refractivity contribution < 1.29 is 22.1 Å². The van der Waals surface area contributed by atoms with Crippen molar-refractivity contribution in [3.05, 3.63) is 76.9 Å². The number of hydrogen-bond acceptors (Lipinski definition) is 5. The maximum Gasteiger partial charge on any atom is 0.248 e. The van der Waals surface area contributed by atoms with E-state index in [1.807, 2.05) is 31.2 Å². The predicted octanol–water partition coefficient (Wildman–Crippen LogP) is 4.64. The fourth-order valence-corrected chi connectivity index (χ4v) is 5.74. The molecule has 1 aromatic heterocycles. The number of anilines is 1. The van der Waals surface area contributed by atoms with Gasteiger partial charge in [0.1, 0.15) is 11.5 Å². The van der Waals surface area contributed by atoms with E-state index < -0.39 is 21.8 Å². The van der Waals surface area contributed by atoms with Crippen LogP contribution in [-0.2, 0) is 14.8 Å². The van der Waals surface area contributed by atoms with Crippen molar-refractivity contribution in [1.29, 1.82) is 0 Å². The number of nitrogens with one attached hydrogen (secondary N) is 1. The lowest BCUT2D eigenvalue weighted by atomic mass is 9.99. The van der Waals surface area contributed by atoms with Gasteiger partial charge in [-0.1, -0.05) is 47.1 Å². The SMILES string of the molecule is Cc1ccc(/C=C/c2onc(C)c2S(=O)(=O)N2CCCC(C(=O)Nc3cccc(F)c3)C2)cc1. The van der Waals surface area contributed by atoms with Crippen LogP contribution in [0.25, 0.3) is 12.2 Å². The molecule has 1 fully saturated rings. The Morgan fingerprint density at radius 1 is 1.18 bits per heavy atom. The standard InChI is InChI=1S/C25H26FN3O4S/c1-17-8-10-19(11-9-17)12-13-23-24(18(2)28-33-23)34(31,32)29-14-4-5-20(16-29)25(30)27-22-7-3-6-21(26)15-22/h3,6-13,15,20H,4-5,14,16H2,1-2H3,(H,27,30)/b13-12+. The number of aryl methyl sites for hydroxylation is 2. The van der Waals surface area contributed by atoms with Gasteiger partial charge >= 0.3 is 0 Å². The van der Waals surface area contributed by atoms with E-state index in [1.54, 1.807) is 25.1 Å². The number of sulfonamides is 1. The molecule has 1 unspecified atom stereocenters. The van der Waals surface area contributed by atoms with Gasteiger partial charge in [-0.05, 0) is 56.5 Å². The molecule has 4 rings (SSSR count). The lowest BCUT2D eigenvalue weighted by Gasteiger charge is -2.31. The number of nitrogens with zero attached hydrogens (tertiary/aromatic N) is 2. The molecule has 0 bridgehead atoms. The summed E-state index contributed by atoms with van der Waals surface area (Å²) in [5.41, 5.74) is 2.62. The van der Waals surface area contributed by atoms with E-state index >= 15 is 0 Å². The largest absolute Gasteiger partial charge is 0.355 e. The fourth-order valence-electron chi connectivity index (χ4n) is 3.96. The van der Waals surface area contributed by atoms with Crippen LogP contribution < -0.4 is 5.32 Å². The number of piperidine rings is 1. The summed E-state index contributed by atoms with van der Waals surface area (Å²) in [7, 11) is -3.95. The minimum absolute atomic E-state index is 0.00190. The van der Waals surface area contributed by atoms with Gasteiger partial charge in [-0.2, -0.15) is 4.31 Å². The molecule has 1 saturated heterocycles. The second kappa shape index (κ2) is 9.90. The number of benzene rings is 2. The predicted molar refractivity (Wildman–Crippen MR) is 128 cm³/mol. The molecule has 9 heteroatoms. The maximum absolute atomic E-state index is 13.5. The molecule has 1 N–H and O–H groups in total. The summed E-state index contributed by atoms with van der Waals surface area (Å²) in [6.45, 7) is 3.88. The molecule has 34 heavy (non-hydrogen) atoms. The summed E-state index contributed by atoms with van der Waals surface area (Å²) in [6, 6.07) is 13.4. The average molecular weight is 484 g/mol. The minimum atomic E-state index is -3.95. The van der Waals surface area contributed by atoms with Crippen LogP contribution in [0.2, 0.25) is 0 Å². The van der Waals surface area contributed by atoms with E-state index in [0.717, 1.165) is 11.1 Å². The van der Waals surface area contributed by atoms with Gasteiger partial charge in [0, 0.05) is 18.8 Å². The first-order chi connectivity index (χ1) is 16.2. The zero-order valence-corrected chi connectivity index (χ0v) is 19.8. The van der Waals surface area contributed by atoms with Gasteiger partial charge in [-0.25, -0.2) is 12.8 Å². The van der Waals surface area contributed by atoms with Crippen LogP contribution in [0.3, 0.4) is 0 Å². The van der Waals surface area contributed by atoms with Gasteiger partial charge in [0.25, 0.3) is 0 Å². The summed E-state index contributed by atoms with van der Waals surface area (Å²) in [5.74, 6) is -1.21. The molecule has 0 aliphatic carbocycles. The average Bonchev–Trinajstić information content (AvgIpc) is 3.20. The molecular formula is C25H26FN3O4S. The molecule has 1 aliphatic heterocycles. The van der Waals surface area contributed by atoms with Crippen molar-refractivity contribution >= 4 is 33.8 Å². The van der Waals surface area contributed by atoms with Crippen molar-refractivity contribution in [2.24, 2.45) is 5.92 Å². The number of carbonyl (C=O) groups is 1. The molecule has 3 aromatic rings. The first-order valence-corrected chi connectivity index (χ1v) is 12.5. The second-order valence-corrected chi connectivity index (χ2v) is 10.3. The highest BCUT2D eigenvalue weighted by molar-refractivity contribution is 7.89. The van der Waals surface area contributed by atoms with E-state index in [-0.39, 0.29) is 35.3 Å². The summed E-state index contributed by atoms with van der Waals surface area (Å²) in [5, 5.41) is 6.56. The van der Waals surface area contributed by atoms with Crippen LogP contribution in [0, 0.1) is 25.6 Å². The zero-order chi connectivity index (χ0) is 24.3. The molecule has 0 spiro atoms. The molecular weight excluding hydrogens is 457 g/mol. The first kappa shape index (κ1) is 23.8. The van der Waals surface area contributed by atoms with Crippen LogP contribution in [0.5, 0.6) is 0 Å². The summed E-state index contributed by atoms with van der Waals surface area (Å²) < 4.78 is 47.1. The number of amides is 1. The molecule has 2 heterocycles. The highest BCUT2D eigenvalue weighted by Crippen LogP contribution is 2.29. The third-order valence-electron chi connectivity index (χ3n) is 5.78. The summed E-state index contributed by atoms with van der Waals surface area (Å²) >= 11 is 0. The molecule has 1 amide bonds. The van der Waals surface area contributed by atoms with Gasteiger partial charge < -0.3 is 9.84 Å². The van der Waals surface area contributed by atoms with Crippen LogP contribution in [0.15, 0.2) is 57.9 Å². The van der Waals surface area contributed by atoms with E-state index in [0.29, 0.717) is 18.5 Å². The molecule has 7 nitrogen and oxygen atoms in total. The summed E-state index contributed by atoms with van der Waals surface area (Å²) in [4.78, 5) is 12.8. The Bertz CT molecular complexity index is 1320. The first-order valence-electron chi connectivity index (χ1n) is 11.0. The molecule has 1 aliphatic rings. The van der Waals surface area contributed by atoms with E-state index in [1.165, 1.54) is 22.5 Å². The van der Waals surface area contributed by atoms with Gasteiger partial charge in [0.15, 0.2) is 10.7 Å². The quantitative estimate of drug-likeness (QED) is 0.551. The van der Waals surface area contributed by atoms with Gasteiger partial charge in [0.05, 0.1) is 5.92 Å². The van der Waals surface area contributed by atoms with Gasteiger partial charge in [-0.15, -0.1) is 0 Å². The topological polar surface area (TPSA) is 92.5 Å². The van der Waals surface area contributed by atoms with Crippen molar-refractivity contribution in [3.8, 4) is 0 Å². The smallest absolute Gasteiger partial charge is 0.248 e. The lowest BCUT2D eigenvalue weighted by Crippen LogP contribution is -2.43. The Kier molecular flexibility index (Phi) is 6.95. The number of rotatable bonds is 6. The molecule has 1 atom stereocenters. The minimum Gasteiger partial charge on any atom is -0.355 e. The van der Waals surface area contributed by atoms with Crippen LogP contribution in [-0.4, -0.2) is 36.9 Å². The highest BCUT2D eigenvalue weighted by atomic mass is 32.2. The highest BCUT2D eigenvalue weighted by Gasteiger charge is 2.37. The van der Waals surface area contributed by atoms with E-state index in [9.17, 15) is 17.6 Å². The second-order valence-electron chi connectivity index (χ2n) is 8.41. The molecule has 178 valence electrons. The Hall–Kier alpha value is -3.30. The van der Waals surface area contributed by atoms with Crippen LogP contribution >= 0.6 is 0 Å². The lowest BCUT2D eigenvalue weighted by molar-refractivity contribution is -0.120. The maximum atomic E-state index is 13.5. The third kappa shape index (κ3) is 5.26. The fraction of sp³-hybridized carbons (Fsp3) is 0.280. The van der Waals surface area contributed by atoms with E-state index in [4.69, 9.17) is 4.52 Å². The van der Waals surface area contributed by atoms with E-state index in [2.05, 4.69) is 10.5 Å². The number of carbonyl (C=O) groups excluding carboxylic acids is 1. The Morgan fingerprint density at radius 2 is 1.94 bits per heavy atom. The zero-order valence-electron chi connectivity index (χ0n) is 19.0. The molecule has 0 radical (unpaired) electrons. The van der Waals surface area contributed by atoms with Gasteiger partial charge in [-0.3, -0.25) is 4.79 Å². The van der Waals surface area contributed by atoms with Crippen molar-refractivity contribution in [2.75, 3.05) is 18.4 Å². The summed E-state index contributed by atoms with van der Waals surface area (Å²) in [6.07, 6.45) is 4.43. The molecule has 0 saturated carbocycles. The number of halogens is 1.